The molecule has 0 spiro atoms. The van der Waals surface area contributed by atoms with Crippen LogP contribution in [0, 0.1) is 0 Å². The van der Waals surface area contributed by atoms with E-state index >= 15 is 0 Å². The monoisotopic (exact) mass is 404 g/mol. The van der Waals surface area contributed by atoms with Crippen LogP contribution in [0.15, 0.2) is 69.5 Å². The Morgan fingerprint density at radius 2 is 1.41 bits per heavy atom. The van der Waals surface area contributed by atoms with Crippen molar-refractivity contribution >= 4 is 0 Å². The molecule has 2 aliphatic carbocycles. The summed E-state index contributed by atoms with van der Waals surface area (Å²) < 4.78 is 2.47. The molecule has 0 bridgehead atoms. The average Bonchev–Trinajstić information content (AvgIpc) is 3.03. The summed E-state index contributed by atoms with van der Waals surface area (Å²) in [5.41, 5.74) is 7.63. The number of benzene rings is 2. The first-order chi connectivity index (χ1) is 9.84. The summed E-state index contributed by atoms with van der Waals surface area (Å²) >= 11 is -0.607. The van der Waals surface area contributed by atoms with Gasteiger partial charge in [-0.1, -0.05) is 0 Å². The fourth-order valence-corrected chi connectivity index (χ4v) is 7.48. The van der Waals surface area contributed by atoms with Crippen LogP contribution < -0.4 is 24.8 Å². The van der Waals surface area contributed by atoms with E-state index < -0.39 is 23.2 Å². The van der Waals surface area contributed by atoms with Crippen LogP contribution in [0.4, 0.5) is 0 Å². The first-order valence-electron chi connectivity index (χ1n) is 7.15. The maximum Gasteiger partial charge on any atom is -1.00 e. The van der Waals surface area contributed by atoms with Crippen molar-refractivity contribution in [2.75, 3.05) is 0 Å². The summed E-state index contributed by atoms with van der Waals surface area (Å²) in [6.07, 6.45) is 5.85. The fraction of sp³-hybridized carbons (Fsp3) is 0.158. The smallest absolute Gasteiger partial charge is 1.00 e. The van der Waals surface area contributed by atoms with Gasteiger partial charge in [0.1, 0.15) is 0 Å². The third-order valence-electron chi connectivity index (χ3n) is 4.32. The van der Waals surface area contributed by atoms with Crippen molar-refractivity contribution in [1.82, 2.24) is 0 Å². The second kappa shape index (κ2) is 7.30. The second-order valence-electron chi connectivity index (χ2n) is 5.52. The van der Waals surface area contributed by atoms with Gasteiger partial charge in [-0.3, -0.25) is 0 Å². The van der Waals surface area contributed by atoms with Crippen LogP contribution in [0.1, 0.15) is 28.1 Å². The molecule has 0 N–H and O–H groups in total. The Hall–Kier alpha value is -0.617. The van der Waals surface area contributed by atoms with Gasteiger partial charge in [-0.25, -0.2) is 0 Å². The SMILES string of the molecule is CC1=[C]([Zr+2][CH]2c3ccccc3-c3ccccc32)CC=C1.[Cl-].[Cl-]. The molecule has 2 aromatic rings. The number of rotatable bonds is 2. The molecule has 0 heterocycles. The molecule has 0 saturated carbocycles. The molecule has 4 rings (SSSR count). The van der Waals surface area contributed by atoms with Crippen molar-refractivity contribution in [3.63, 3.8) is 0 Å². The van der Waals surface area contributed by atoms with Gasteiger partial charge in [-0.15, -0.1) is 0 Å². The van der Waals surface area contributed by atoms with E-state index in [4.69, 9.17) is 0 Å². The normalized spacial score (nSPS) is 14.8. The summed E-state index contributed by atoms with van der Waals surface area (Å²) in [6.45, 7) is 2.28. The molecule has 0 aliphatic heterocycles. The van der Waals surface area contributed by atoms with Gasteiger partial charge in [0.25, 0.3) is 0 Å². The fourth-order valence-electron chi connectivity index (χ4n) is 3.27. The quantitative estimate of drug-likeness (QED) is 0.606. The molecule has 0 atom stereocenters. The Bertz CT molecular complexity index is 701. The van der Waals surface area contributed by atoms with E-state index in [2.05, 4.69) is 67.6 Å². The van der Waals surface area contributed by atoms with E-state index in [0.717, 1.165) is 0 Å². The first-order valence-corrected chi connectivity index (χ1v) is 9.80. The predicted molar refractivity (Wildman–Crippen MR) is 80.2 cm³/mol. The zero-order valence-corrected chi connectivity index (χ0v) is 16.3. The minimum absolute atomic E-state index is 0. The Balaban J connectivity index is 0.000000882. The molecule has 2 aliphatic rings. The Morgan fingerprint density at radius 1 is 0.864 bits per heavy atom. The zero-order chi connectivity index (χ0) is 13.5. The van der Waals surface area contributed by atoms with E-state index in [1.807, 2.05) is 0 Å². The van der Waals surface area contributed by atoms with Gasteiger partial charge in [0.05, 0.1) is 0 Å². The molecule has 0 amide bonds. The first kappa shape index (κ1) is 17.7. The maximum absolute atomic E-state index is 2.35. The summed E-state index contributed by atoms with van der Waals surface area (Å²) in [7, 11) is 0. The van der Waals surface area contributed by atoms with Gasteiger partial charge in [-0.05, 0) is 0 Å². The minimum atomic E-state index is -0.607. The van der Waals surface area contributed by atoms with Gasteiger partial charge in [0.2, 0.25) is 0 Å². The number of fused-ring (bicyclic) bond motifs is 3. The van der Waals surface area contributed by atoms with E-state index in [1.54, 1.807) is 20.0 Å². The van der Waals surface area contributed by atoms with Crippen LogP contribution in [0.3, 0.4) is 0 Å². The molecule has 0 aromatic heterocycles. The molecular formula is C19H16Cl2Zr. The van der Waals surface area contributed by atoms with Crippen LogP contribution in [-0.4, -0.2) is 0 Å². The number of hydrogen-bond acceptors (Lipinski definition) is 0. The van der Waals surface area contributed by atoms with Gasteiger partial charge >= 0.3 is 132 Å². The van der Waals surface area contributed by atoms with Crippen LogP contribution in [0.2, 0.25) is 0 Å². The average molecular weight is 406 g/mol. The summed E-state index contributed by atoms with van der Waals surface area (Å²) in [5.74, 6) is 0. The van der Waals surface area contributed by atoms with Gasteiger partial charge in [0, 0.05) is 0 Å². The van der Waals surface area contributed by atoms with Crippen molar-refractivity contribution in [3.8, 4) is 11.1 Å². The molecule has 0 unspecified atom stereocenters. The summed E-state index contributed by atoms with van der Waals surface area (Å²) in [6, 6.07) is 18.0. The van der Waals surface area contributed by atoms with Crippen molar-refractivity contribution in [3.05, 3.63) is 80.7 Å². The molecule has 3 heteroatoms. The molecule has 22 heavy (non-hydrogen) atoms. The molecule has 110 valence electrons. The van der Waals surface area contributed by atoms with Crippen molar-refractivity contribution in [2.24, 2.45) is 0 Å². The van der Waals surface area contributed by atoms with Gasteiger partial charge in [-0.2, -0.15) is 0 Å². The predicted octanol–water partition coefficient (Wildman–Crippen LogP) is -0.919. The summed E-state index contributed by atoms with van der Waals surface area (Å²) in [4.78, 5) is 0. The van der Waals surface area contributed by atoms with Crippen molar-refractivity contribution in [2.45, 2.75) is 17.0 Å². The molecule has 0 fully saturated rings. The van der Waals surface area contributed by atoms with Crippen molar-refractivity contribution < 1.29 is 48.0 Å². The molecule has 2 aromatic carbocycles. The largest absolute Gasteiger partial charge is 1.00 e. The Kier molecular flexibility index (Phi) is 5.89. The Labute approximate surface area is 156 Å². The standard InChI is InChI=1S/C13H9.C6H7.2ClH.Zr/c1-3-7-12-10(5-1)9-11-6-2-4-8-13(11)12;1-6-4-2-3-5-6;;;/h1-9H;2,4H,3H2,1H3;2*1H;/q;;;;+2/p-2. The maximum atomic E-state index is 2.35. The van der Waals surface area contributed by atoms with Crippen LogP contribution in [0.5, 0.6) is 0 Å². The van der Waals surface area contributed by atoms with E-state index in [-0.39, 0.29) is 24.8 Å². The molecule has 0 nitrogen and oxygen atoms in total. The van der Waals surface area contributed by atoms with Crippen LogP contribution in [0.25, 0.3) is 11.1 Å². The zero-order valence-electron chi connectivity index (χ0n) is 12.3. The second-order valence-corrected chi connectivity index (χ2v) is 9.13. The van der Waals surface area contributed by atoms with Gasteiger partial charge < -0.3 is 24.8 Å². The molecule has 0 radical (unpaired) electrons. The number of allylic oxidation sites excluding steroid dienone is 4. The van der Waals surface area contributed by atoms with E-state index in [0.29, 0.717) is 3.63 Å². The summed E-state index contributed by atoms with van der Waals surface area (Å²) in [5, 5.41) is 0. The van der Waals surface area contributed by atoms with Crippen LogP contribution in [-0.2, 0) is 23.2 Å². The van der Waals surface area contributed by atoms with E-state index in [9.17, 15) is 0 Å². The third kappa shape index (κ3) is 2.92. The molecule has 0 saturated heterocycles. The number of halogens is 2. The van der Waals surface area contributed by atoms with Crippen LogP contribution >= 0.6 is 0 Å². The number of hydrogen-bond donors (Lipinski definition) is 0. The topological polar surface area (TPSA) is 0 Å². The van der Waals surface area contributed by atoms with Crippen molar-refractivity contribution in [1.29, 1.82) is 0 Å². The third-order valence-corrected chi connectivity index (χ3v) is 8.88. The van der Waals surface area contributed by atoms with E-state index in [1.165, 1.54) is 17.5 Å². The van der Waals surface area contributed by atoms with Gasteiger partial charge in [0.15, 0.2) is 0 Å². The molecular weight excluding hydrogens is 390 g/mol. The minimum Gasteiger partial charge on any atom is -1.00 e. The Morgan fingerprint density at radius 3 is 1.91 bits per heavy atom.